The molecule has 7 nitrogen and oxygen atoms in total. The fourth-order valence-electron chi connectivity index (χ4n) is 2.55. The van der Waals surface area contributed by atoms with Gasteiger partial charge in [-0.25, -0.2) is 9.59 Å². The van der Waals surface area contributed by atoms with Gasteiger partial charge in [-0.2, -0.15) is 8.42 Å². The van der Waals surface area contributed by atoms with Crippen molar-refractivity contribution in [2.24, 2.45) is 0 Å². The van der Waals surface area contributed by atoms with Gasteiger partial charge in [-0.1, -0.05) is 42.5 Å². The zero-order valence-electron chi connectivity index (χ0n) is 14.3. The van der Waals surface area contributed by atoms with Crippen LogP contribution in [0.15, 0.2) is 77.7 Å². The highest BCUT2D eigenvalue weighted by Crippen LogP contribution is 2.25. The highest BCUT2D eigenvalue weighted by Gasteiger charge is 2.23. The van der Waals surface area contributed by atoms with E-state index < -0.39 is 38.1 Å². The van der Waals surface area contributed by atoms with Gasteiger partial charge in [-0.05, 0) is 41.5 Å². The second-order valence-electron chi connectivity index (χ2n) is 5.75. The van der Waals surface area contributed by atoms with Crippen molar-refractivity contribution in [1.82, 2.24) is 0 Å². The standard InChI is InChI=1S/C20H14O7S/c21-19(22)17-11-10-16(12-18(17)20(23)24)28(25,26)27-15-8-6-14(7-9-15)13-4-2-1-3-5-13/h1-12H,(H,21,22)(H,23,24). The molecule has 0 bridgehead atoms. The van der Waals surface area contributed by atoms with Gasteiger partial charge in [0.25, 0.3) is 0 Å². The van der Waals surface area contributed by atoms with E-state index in [0.29, 0.717) is 0 Å². The van der Waals surface area contributed by atoms with Gasteiger partial charge < -0.3 is 14.4 Å². The van der Waals surface area contributed by atoms with Crippen LogP contribution in [0.5, 0.6) is 5.75 Å². The van der Waals surface area contributed by atoms with Gasteiger partial charge in [-0.3, -0.25) is 0 Å². The molecule has 2 N–H and O–H groups in total. The van der Waals surface area contributed by atoms with E-state index in [4.69, 9.17) is 14.4 Å². The maximum absolute atomic E-state index is 12.4. The van der Waals surface area contributed by atoms with Crippen LogP contribution in [0.1, 0.15) is 20.7 Å². The lowest BCUT2D eigenvalue weighted by atomic mass is 10.1. The van der Waals surface area contributed by atoms with Crippen molar-refractivity contribution in [3.05, 3.63) is 83.9 Å². The molecule has 0 aliphatic carbocycles. The van der Waals surface area contributed by atoms with Crippen LogP contribution in [-0.2, 0) is 10.1 Å². The topological polar surface area (TPSA) is 118 Å². The van der Waals surface area contributed by atoms with E-state index in [1.165, 1.54) is 12.1 Å². The van der Waals surface area contributed by atoms with Crippen LogP contribution in [0, 0.1) is 0 Å². The number of carboxylic acid groups (broad SMARTS) is 2. The summed E-state index contributed by atoms with van der Waals surface area (Å²) in [6.45, 7) is 0. The Labute approximate surface area is 160 Å². The molecule has 0 saturated heterocycles. The molecule has 8 heteroatoms. The molecule has 3 aromatic rings. The van der Waals surface area contributed by atoms with Crippen LogP contribution in [0.3, 0.4) is 0 Å². The molecule has 3 aromatic carbocycles. The Kier molecular flexibility index (Phi) is 5.14. The number of hydrogen-bond acceptors (Lipinski definition) is 5. The van der Waals surface area contributed by atoms with Crippen molar-refractivity contribution in [2.75, 3.05) is 0 Å². The Bertz CT molecular complexity index is 1130. The molecule has 0 unspecified atom stereocenters. The Balaban J connectivity index is 1.89. The van der Waals surface area contributed by atoms with Crippen molar-refractivity contribution < 1.29 is 32.4 Å². The van der Waals surface area contributed by atoms with Gasteiger partial charge in [0.15, 0.2) is 0 Å². The highest BCUT2D eigenvalue weighted by atomic mass is 32.2. The molecule has 0 spiro atoms. The maximum atomic E-state index is 12.4. The highest BCUT2D eigenvalue weighted by molar-refractivity contribution is 7.87. The van der Waals surface area contributed by atoms with Gasteiger partial charge >= 0.3 is 22.1 Å². The molecule has 28 heavy (non-hydrogen) atoms. The number of benzene rings is 3. The van der Waals surface area contributed by atoms with Gasteiger partial charge in [0.1, 0.15) is 10.6 Å². The first-order valence-corrected chi connectivity index (χ1v) is 9.39. The fourth-order valence-corrected chi connectivity index (χ4v) is 3.51. The summed E-state index contributed by atoms with van der Waals surface area (Å²) < 4.78 is 29.9. The average molecular weight is 398 g/mol. The van der Waals surface area contributed by atoms with Crippen LogP contribution >= 0.6 is 0 Å². The van der Waals surface area contributed by atoms with E-state index in [0.717, 1.165) is 29.3 Å². The zero-order chi connectivity index (χ0) is 20.3. The van der Waals surface area contributed by atoms with Crippen LogP contribution in [0.25, 0.3) is 11.1 Å². The predicted octanol–water partition coefficient (Wildman–Crippen LogP) is 3.52. The molecule has 0 saturated carbocycles. The number of carbonyl (C=O) groups is 2. The smallest absolute Gasteiger partial charge is 0.339 e. The lowest BCUT2D eigenvalue weighted by Crippen LogP contribution is -2.13. The third kappa shape index (κ3) is 4.02. The van der Waals surface area contributed by atoms with Gasteiger partial charge in [0.2, 0.25) is 0 Å². The maximum Gasteiger partial charge on any atom is 0.339 e. The van der Waals surface area contributed by atoms with Crippen LogP contribution in [0.2, 0.25) is 0 Å². The molecule has 3 rings (SSSR count). The largest absolute Gasteiger partial charge is 0.478 e. The third-order valence-corrected chi connectivity index (χ3v) is 5.15. The normalized spacial score (nSPS) is 11.0. The van der Waals surface area contributed by atoms with E-state index in [1.54, 1.807) is 12.1 Å². The average Bonchev–Trinajstić information content (AvgIpc) is 2.68. The summed E-state index contributed by atoms with van der Waals surface area (Å²) in [5.41, 5.74) is 0.659. The van der Waals surface area contributed by atoms with Crippen molar-refractivity contribution >= 4 is 22.1 Å². The second-order valence-corrected chi connectivity index (χ2v) is 7.29. The van der Waals surface area contributed by atoms with E-state index in [1.807, 2.05) is 30.3 Å². The van der Waals surface area contributed by atoms with Crippen molar-refractivity contribution in [3.63, 3.8) is 0 Å². The molecule has 0 heterocycles. The molecule has 0 aliphatic heterocycles. The van der Waals surface area contributed by atoms with Crippen LogP contribution in [0.4, 0.5) is 0 Å². The molecule has 0 fully saturated rings. The molecule has 142 valence electrons. The Hall–Kier alpha value is -3.65. The molecule has 0 aliphatic rings. The minimum Gasteiger partial charge on any atom is -0.478 e. The summed E-state index contributed by atoms with van der Waals surface area (Å²) in [7, 11) is -4.35. The Morgan fingerprint density at radius 1 is 0.714 bits per heavy atom. The summed E-state index contributed by atoms with van der Waals surface area (Å²) in [6, 6.07) is 18.5. The number of hydrogen-bond donors (Lipinski definition) is 2. The number of rotatable bonds is 6. The molecule has 0 radical (unpaired) electrons. The fraction of sp³-hybridized carbons (Fsp3) is 0. The predicted molar refractivity (Wildman–Crippen MR) is 100 cm³/mol. The van der Waals surface area contributed by atoms with E-state index in [2.05, 4.69) is 0 Å². The SMILES string of the molecule is O=C(O)c1ccc(S(=O)(=O)Oc2ccc(-c3ccccc3)cc2)cc1C(=O)O. The van der Waals surface area contributed by atoms with Gasteiger partial charge in [0, 0.05) is 0 Å². The monoisotopic (exact) mass is 398 g/mol. The van der Waals surface area contributed by atoms with Gasteiger partial charge in [-0.15, -0.1) is 0 Å². The summed E-state index contributed by atoms with van der Waals surface area (Å²) in [5.74, 6) is -2.99. The lowest BCUT2D eigenvalue weighted by molar-refractivity contribution is 0.0651. The van der Waals surface area contributed by atoms with E-state index in [-0.39, 0.29) is 5.75 Å². The first kappa shape index (κ1) is 19.1. The lowest BCUT2D eigenvalue weighted by Gasteiger charge is -2.10. The minimum atomic E-state index is -4.35. The molecule has 0 amide bonds. The van der Waals surface area contributed by atoms with Crippen molar-refractivity contribution in [2.45, 2.75) is 4.90 Å². The van der Waals surface area contributed by atoms with Crippen molar-refractivity contribution in [1.29, 1.82) is 0 Å². The molecular weight excluding hydrogens is 384 g/mol. The van der Waals surface area contributed by atoms with Crippen molar-refractivity contribution in [3.8, 4) is 16.9 Å². The van der Waals surface area contributed by atoms with Crippen LogP contribution < -0.4 is 4.18 Å². The summed E-state index contributed by atoms with van der Waals surface area (Å²) >= 11 is 0. The molecular formula is C20H14O7S. The minimum absolute atomic E-state index is 0.0406. The molecule has 0 aromatic heterocycles. The summed E-state index contributed by atoms with van der Waals surface area (Å²) in [6.07, 6.45) is 0. The zero-order valence-corrected chi connectivity index (χ0v) is 15.1. The van der Waals surface area contributed by atoms with E-state index in [9.17, 15) is 18.0 Å². The van der Waals surface area contributed by atoms with Gasteiger partial charge in [0.05, 0.1) is 11.1 Å². The van der Waals surface area contributed by atoms with Crippen LogP contribution in [-0.4, -0.2) is 30.6 Å². The quantitative estimate of drug-likeness (QED) is 0.610. The Morgan fingerprint density at radius 3 is 1.86 bits per heavy atom. The second kappa shape index (κ2) is 7.53. The third-order valence-electron chi connectivity index (χ3n) is 3.91. The Morgan fingerprint density at radius 2 is 1.29 bits per heavy atom. The molecule has 0 atom stereocenters. The first-order valence-electron chi connectivity index (χ1n) is 7.98. The summed E-state index contributed by atoms with van der Waals surface area (Å²) in [4.78, 5) is 21.9. The van der Waals surface area contributed by atoms with E-state index >= 15 is 0 Å². The summed E-state index contributed by atoms with van der Waals surface area (Å²) in [5, 5.41) is 18.2. The first-order chi connectivity index (χ1) is 13.3. The number of aromatic carboxylic acids is 2. The number of carboxylic acids is 2.